The van der Waals surface area contributed by atoms with Gasteiger partial charge in [0.15, 0.2) is 0 Å². The average molecular weight is 418 g/mol. The first-order chi connectivity index (χ1) is 13.8. The Morgan fingerprint density at radius 3 is 2.34 bits per heavy atom. The molecule has 0 fully saturated rings. The number of rotatable bonds is 10. The van der Waals surface area contributed by atoms with Crippen molar-refractivity contribution in [2.75, 3.05) is 19.6 Å². The number of carbonyl (C=O) groups excluding carboxylic acids is 1. The molecule has 0 saturated heterocycles. The Morgan fingerprint density at radius 2 is 1.72 bits per heavy atom. The van der Waals surface area contributed by atoms with Crippen molar-refractivity contribution in [3.05, 3.63) is 65.2 Å². The highest BCUT2D eigenvalue weighted by atomic mass is 32.2. The van der Waals surface area contributed by atoms with Crippen LogP contribution in [0.4, 0.5) is 0 Å². The predicted octanol–water partition coefficient (Wildman–Crippen LogP) is 2.93. The van der Waals surface area contributed by atoms with Gasteiger partial charge in [0.05, 0.1) is 4.90 Å². The first-order valence-electron chi connectivity index (χ1n) is 9.95. The Morgan fingerprint density at radius 1 is 1.07 bits per heavy atom. The summed E-state index contributed by atoms with van der Waals surface area (Å²) in [5.41, 5.74) is 1.80. The summed E-state index contributed by atoms with van der Waals surface area (Å²) in [4.78, 5) is 14.9. The Hall–Kier alpha value is -2.22. The molecule has 0 aliphatic heterocycles. The van der Waals surface area contributed by atoms with Crippen molar-refractivity contribution in [3.8, 4) is 0 Å². The highest BCUT2D eigenvalue weighted by Crippen LogP contribution is 2.18. The van der Waals surface area contributed by atoms with Gasteiger partial charge in [0.2, 0.25) is 10.0 Å². The smallest absolute Gasteiger partial charge is 0.251 e. The van der Waals surface area contributed by atoms with Gasteiger partial charge in [-0.15, -0.1) is 0 Å². The monoisotopic (exact) mass is 417 g/mol. The molecule has 0 radical (unpaired) electrons. The molecule has 158 valence electrons. The van der Waals surface area contributed by atoms with Crippen molar-refractivity contribution < 1.29 is 13.2 Å². The molecule has 0 spiro atoms. The van der Waals surface area contributed by atoms with Crippen molar-refractivity contribution in [2.45, 2.75) is 45.2 Å². The van der Waals surface area contributed by atoms with Crippen LogP contribution in [0.5, 0.6) is 0 Å². The lowest BCUT2D eigenvalue weighted by atomic mass is 10.1. The first kappa shape index (κ1) is 23.1. The summed E-state index contributed by atoms with van der Waals surface area (Å²) in [6.45, 7) is 10.5. The molecule has 2 N–H and O–H groups in total. The fraction of sp³-hybridized carbons (Fsp3) is 0.409. The summed E-state index contributed by atoms with van der Waals surface area (Å²) in [6, 6.07) is 14.3. The van der Waals surface area contributed by atoms with Gasteiger partial charge in [-0.05, 0) is 50.2 Å². The zero-order valence-electron chi connectivity index (χ0n) is 17.6. The highest BCUT2D eigenvalue weighted by molar-refractivity contribution is 7.89. The third-order valence-electron chi connectivity index (χ3n) is 5.04. The van der Waals surface area contributed by atoms with Crippen LogP contribution in [-0.2, 0) is 16.6 Å². The standard InChI is InChI=1S/C22H31N3O3S/c1-5-25(6-2)18(4)15-23-22(26)20-13-12-17(3)21(14-20)29(27,28)24-16-19-10-8-7-9-11-19/h7-14,18,24H,5-6,15-16H2,1-4H3,(H,23,26). The molecule has 7 heteroatoms. The van der Waals surface area contributed by atoms with E-state index < -0.39 is 10.0 Å². The van der Waals surface area contributed by atoms with Crippen molar-refractivity contribution in [1.82, 2.24) is 14.9 Å². The first-order valence-corrected chi connectivity index (χ1v) is 11.4. The SMILES string of the molecule is CCN(CC)C(C)CNC(=O)c1ccc(C)c(S(=O)(=O)NCc2ccccc2)c1. The predicted molar refractivity (Wildman–Crippen MR) is 116 cm³/mol. The third-order valence-corrected chi connectivity index (χ3v) is 6.59. The molecular weight excluding hydrogens is 386 g/mol. The molecule has 0 saturated carbocycles. The molecule has 6 nitrogen and oxygen atoms in total. The highest BCUT2D eigenvalue weighted by Gasteiger charge is 2.19. The van der Waals surface area contributed by atoms with Gasteiger partial charge in [0.1, 0.15) is 0 Å². The Balaban J connectivity index is 2.10. The van der Waals surface area contributed by atoms with Crippen molar-refractivity contribution >= 4 is 15.9 Å². The lowest BCUT2D eigenvalue weighted by Gasteiger charge is -2.26. The van der Waals surface area contributed by atoms with Crippen LogP contribution in [0.15, 0.2) is 53.4 Å². The van der Waals surface area contributed by atoms with Crippen LogP contribution in [0.3, 0.4) is 0 Å². The number of hydrogen-bond donors (Lipinski definition) is 2. The minimum atomic E-state index is -3.74. The zero-order chi connectivity index (χ0) is 21.4. The van der Waals surface area contributed by atoms with Crippen LogP contribution in [-0.4, -0.2) is 44.9 Å². The Bertz CT molecular complexity index is 910. The van der Waals surface area contributed by atoms with E-state index in [-0.39, 0.29) is 23.4 Å². The van der Waals surface area contributed by atoms with E-state index in [1.807, 2.05) is 30.3 Å². The summed E-state index contributed by atoms with van der Waals surface area (Å²) in [6.07, 6.45) is 0. The number of benzene rings is 2. The van der Waals surface area contributed by atoms with Crippen molar-refractivity contribution in [3.63, 3.8) is 0 Å². The van der Waals surface area contributed by atoms with Crippen LogP contribution in [0.1, 0.15) is 42.3 Å². The maximum absolute atomic E-state index is 12.8. The third kappa shape index (κ3) is 6.39. The molecule has 0 aliphatic rings. The van der Waals surface area contributed by atoms with Crippen molar-refractivity contribution in [1.29, 1.82) is 0 Å². The van der Waals surface area contributed by atoms with Crippen LogP contribution in [0, 0.1) is 6.92 Å². The molecule has 2 rings (SSSR count). The molecule has 0 heterocycles. The van der Waals surface area contributed by atoms with Gasteiger partial charge in [-0.1, -0.05) is 50.2 Å². The molecule has 2 aromatic carbocycles. The lowest BCUT2D eigenvalue weighted by Crippen LogP contribution is -2.42. The maximum Gasteiger partial charge on any atom is 0.251 e. The van der Waals surface area contributed by atoms with Crippen LogP contribution < -0.4 is 10.0 Å². The molecule has 0 aromatic heterocycles. The van der Waals surface area contributed by atoms with E-state index in [0.717, 1.165) is 18.7 Å². The molecule has 2 aromatic rings. The minimum absolute atomic E-state index is 0.123. The van der Waals surface area contributed by atoms with E-state index in [0.29, 0.717) is 17.7 Å². The second-order valence-electron chi connectivity index (χ2n) is 7.07. The lowest BCUT2D eigenvalue weighted by molar-refractivity contribution is 0.0937. The van der Waals surface area contributed by atoms with E-state index in [1.165, 1.54) is 6.07 Å². The van der Waals surface area contributed by atoms with Gasteiger partial charge in [-0.25, -0.2) is 13.1 Å². The topological polar surface area (TPSA) is 78.5 Å². The average Bonchev–Trinajstić information content (AvgIpc) is 2.72. The van der Waals surface area contributed by atoms with Gasteiger partial charge in [-0.3, -0.25) is 9.69 Å². The fourth-order valence-electron chi connectivity index (χ4n) is 3.20. The molecule has 0 aliphatic carbocycles. The van der Waals surface area contributed by atoms with Crippen molar-refractivity contribution in [2.24, 2.45) is 0 Å². The summed E-state index contributed by atoms with van der Waals surface area (Å²) in [7, 11) is -3.74. The van der Waals surface area contributed by atoms with E-state index in [1.54, 1.807) is 19.1 Å². The molecular formula is C22H31N3O3S. The normalized spacial score (nSPS) is 12.7. The molecule has 1 amide bonds. The Kier molecular flexibility index (Phi) is 8.37. The van der Waals surface area contributed by atoms with Gasteiger partial charge < -0.3 is 5.32 Å². The maximum atomic E-state index is 12.8. The van der Waals surface area contributed by atoms with E-state index in [4.69, 9.17) is 0 Å². The number of aryl methyl sites for hydroxylation is 1. The second-order valence-corrected chi connectivity index (χ2v) is 8.81. The number of sulfonamides is 1. The molecule has 29 heavy (non-hydrogen) atoms. The van der Waals surface area contributed by atoms with Crippen LogP contribution >= 0.6 is 0 Å². The minimum Gasteiger partial charge on any atom is -0.350 e. The molecule has 1 unspecified atom stereocenters. The van der Waals surface area contributed by atoms with Crippen LogP contribution in [0.2, 0.25) is 0 Å². The number of amides is 1. The molecule has 0 bridgehead atoms. The Labute approximate surface area is 174 Å². The summed E-state index contributed by atoms with van der Waals surface area (Å²) in [5.74, 6) is -0.275. The summed E-state index contributed by atoms with van der Waals surface area (Å²) >= 11 is 0. The largest absolute Gasteiger partial charge is 0.350 e. The van der Waals surface area contributed by atoms with E-state index in [2.05, 4.69) is 35.7 Å². The van der Waals surface area contributed by atoms with E-state index in [9.17, 15) is 13.2 Å². The number of nitrogens with one attached hydrogen (secondary N) is 2. The molecule has 1 atom stereocenters. The van der Waals surface area contributed by atoms with E-state index >= 15 is 0 Å². The van der Waals surface area contributed by atoms with Gasteiger partial charge in [-0.2, -0.15) is 0 Å². The number of hydrogen-bond acceptors (Lipinski definition) is 4. The zero-order valence-corrected chi connectivity index (χ0v) is 18.4. The number of carbonyl (C=O) groups is 1. The van der Waals surface area contributed by atoms with Gasteiger partial charge >= 0.3 is 0 Å². The summed E-state index contributed by atoms with van der Waals surface area (Å²) in [5, 5.41) is 2.91. The van der Waals surface area contributed by atoms with Gasteiger partial charge in [0, 0.05) is 24.7 Å². The summed E-state index contributed by atoms with van der Waals surface area (Å²) < 4.78 is 28.2. The quantitative estimate of drug-likeness (QED) is 0.623. The fourth-order valence-corrected chi connectivity index (χ4v) is 4.49. The number of likely N-dealkylation sites (N-methyl/N-ethyl adjacent to an activating group) is 1. The number of nitrogens with zero attached hydrogens (tertiary/aromatic N) is 1. The second kappa shape index (κ2) is 10.5. The van der Waals surface area contributed by atoms with Gasteiger partial charge in [0.25, 0.3) is 5.91 Å². The van der Waals surface area contributed by atoms with Crippen LogP contribution in [0.25, 0.3) is 0 Å².